The number of thiazole rings is 1. The van der Waals surface area contributed by atoms with Gasteiger partial charge in [0.05, 0.1) is 18.4 Å². The number of ether oxygens (including phenoxy) is 1. The summed E-state index contributed by atoms with van der Waals surface area (Å²) in [5, 5.41) is 9.55. The molecule has 0 atom stereocenters. The van der Waals surface area contributed by atoms with Gasteiger partial charge in [-0.2, -0.15) is 5.10 Å². The molecule has 0 radical (unpaired) electrons. The second kappa shape index (κ2) is 8.66. The van der Waals surface area contributed by atoms with Crippen LogP contribution in [0.3, 0.4) is 0 Å². The van der Waals surface area contributed by atoms with Gasteiger partial charge in [-0.1, -0.05) is 18.2 Å². The molecule has 4 rings (SSSR count). The van der Waals surface area contributed by atoms with Crippen LogP contribution < -0.4 is 10.1 Å². The molecular formula is C21H17FN4O2S. The van der Waals surface area contributed by atoms with Crippen molar-refractivity contribution in [2.45, 2.75) is 0 Å². The minimum absolute atomic E-state index is 0.273. The Morgan fingerprint density at radius 3 is 2.72 bits per heavy atom. The van der Waals surface area contributed by atoms with Crippen LogP contribution in [0.4, 0.5) is 4.39 Å². The third-order valence-electron chi connectivity index (χ3n) is 4.06. The smallest absolute Gasteiger partial charge is 0.270 e. The molecule has 146 valence electrons. The SMILES string of the molecule is O=C(NCCOc1ccc(F)cc1)c1csc(-c2cnn(-c3ccccc3)c2)n1. The van der Waals surface area contributed by atoms with E-state index in [1.165, 1.54) is 23.5 Å². The van der Waals surface area contributed by atoms with E-state index in [2.05, 4.69) is 15.4 Å². The topological polar surface area (TPSA) is 69.0 Å². The molecule has 0 unspecified atom stereocenters. The third kappa shape index (κ3) is 4.67. The predicted octanol–water partition coefficient (Wildman–Crippen LogP) is 3.94. The summed E-state index contributed by atoms with van der Waals surface area (Å²) in [6.45, 7) is 0.590. The molecule has 0 bridgehead atoms. The summed E-state index contributed by atoms with van der Waals surface area (Å²) in [6.07, 6.45) is 3.61. The fourth-order valence-electron chi connectivity index (χ4n) is 2.62. The van der Waals surface area contributed by atoms with E-state index in [0.717, 1.165) is 16.3 Å². The number of para-hydroxylation sites is 1. The van der Waals surface area contributed by atoms with E-state index in [4.69, 9.17) is 4.74 Å². The lowest BCUT2D eigenvalue weighted by Gasteiger charge is -2.06. The Morgan fingerprint density at radius 1 is 1.14 bits per heavy atom. The van der Waals surface area contributed by atoms with Crippen molar-refractivity contribution in [3.63, 3.8) is 0 Å². The van der Waals surface area contributed by atoms with Gasteiger partial charge in [-0.15, -0.1) is 11.3 Å². The number of amides is 1. The van der Waals surface area contributed by atoms with Crippen LogP contribution in [0.15, 0.2) is 72.4 Å². The van der Waals surface area contributed by atoms with Crippen molar-refractivity contribution in [1.82, 2.24) is 20.1 Å². The highest BCUT2D eigenvalue weighted by Crippen LogP contribution is 2.24. The summed E-state index contributed by atoms with van der Waals surface area (Å²) in [5.74, 6) is -0.0445. The Labute approximate surface area is 170 Å². The average molecular weight is 408 g/mol. The second-order valence-electron chi connectivity index (χ2n) is 6.11. The van der Waals surface area contributed by atoms with Crippen LogP contribution in [0, 0.1) is 5.82 Å². The van der Waals surface area contributed by atoms with Crippen molar-refractivity contribution in [3.05, 3.63) is 83.9 Å². The molecule has 1 amide bonds. The molecule has 0 spiro atoms. The molecule has 2 aromatic carbocycles. The first-order valence-corrected chi connectivity index (χ1v) is 9.79. The summed E-state index contributed by atoms with van der Waals surface area (Å²) in [5.41, 5.74) is 2.14. The van der Waals surface area contributed by atoms with Gasteiger partial charge in [-0.05, 0) is 36.4 Å². The zero-order valence-corrected chi connectivity index (χ0v) is 16.1. The molecule has 0 saturated heterocycles. The highest BCUT2D eigenvalue weighted by atomic mass is 32.1. The molecular weight excluding hydrogens is 391 g/mol. The number of carbonyl (C=O) groups excluding carboxylic acids is 1. The van der Waals surface area contributed by atoms with Gasteiger partial charge < -0.3 is 10.1 Å². The fourth-order valence-corrected chi connectivity index (χ4v) is 3.40. The lowest BCUT2D eigenvalue weighted by Crippen LogP contribution is -2.28. The molecule has 1 N–H and O–H groups in total. The molecule has 0 aliphatic carbocycles. The van der Waals surface area contributed by atoms with E-state index >= 15 is 0 Å². The quantitative estimate of drug-likeness (QED) is 0.470. The Hall–Kier alpha value is -3.52. The standard InChI is InChI=1S/C21H17FN4O2S/c22-16-6-8-18(9-7-16)28-11-10-23-20(27)19-14-29-21(25-19)15-12-24-26(13-15)17-4-2-1-3-5-17/h1-9,12-14H,10-11H2,(H,23,27). The first-order chi connectivity index (χ1) is 14.2. The maximum atomic E-state index is 12.9. The number of carbonyl (C=O) groups is 1. The van der Waals surface area contributed by atoms with Crippen molar-refractivity contribution in [3.8, 4) is 22.0 Å². The van der Waals surface area contributed by atoms with Crippen molar-refractivity contribution in [2.24, 2.45) is 0 Å². The molecule has 2 aromatic heterocycles. The number of nitrogens with zero attached hydrogens (tertiary/aromatic N) is 3. The molecule has 6 nitrogen and oxygen atoms in total. The first-order valence-electron chi connectivity index (χ1n) is 8.91. The van der Waals surface area contributed by atoms with Gasteiger partial charge in [-0.25, -0.2) is 14.1 Å². The summed E-state index contributed by atoms with van der Waals surface area (Å²) in [6, 6.07) is 15.5. The first kappa shape index (κ1) is 18.8. The van der Waals surface area contributed by atoms with E-state index in [-0.39, 0.29) is 18.3 Å². The molecule has 0 saturated carbocycles. The van der Waals surface area contributed by atoms with Crippen LogP contribution in [-0.2, 0) is 0 Å². The molecule has 0 aliphatic heterocycles. The van der Waals surface area contributed by atoms with Gasteiger partial charge in [0.25, 0.3) is 5.91 Å². The summed E-state index contributed by atoms with van der Waals surface area (Å²) < 4.78 is 20.1. The number of hydrogen-bond donors (Lipinski definition) is 1. The van der Waals surface area contributed by atoms with E-state index in [9.17, 15) is 9.18 Å². The van der Waals surface area contributed by atoms with Gasteiger partial charge in [-0.3, -0.25) is 4.79 Å². The minimum atomic E-state index is -0.320. The lowest BCUT2D eigenvalue weighted by atomic mass is 10.3. The highest BCUT2D eigenvalue weighted by molar-refractivity contribution is 7.13. The van der Waals surface area contributed by atoms with Gasteiger partial charge in [0.1, 0.15) is 28.9 Å². The van der Waals surface area contributed by atoms with Crippen LogP contribution in [-0.4, -0.2) is 33.8 Å². The van der Waals surface area contributed by atoms with Crippen LogP contribution in [0.5, 0.6) is 5.75 Å². The summed E-state index contributed by atoms with van der Waals surface area (Å²) in [7, 11) is 0. The highest BCUT2D eigenvalue weighted by Gasteiger charge is 2.13. The van der Waals surface area contributed by atoms with Crippen LogP contribution in [0.2, 0.25) is 0 Å². The zero-order chi connectivity index (χ0) is 20.1. The maximum absolute atomic E-state index is 12.9. The van der Waals surface area contributed by atoms with E-state index in [1.54, 1.807) is 28.4 Å². The van der Waals surface area contributed by atoms with E-state index in [1.807, 2.05) is 36.5 Å². The molecule has 0 fully saturated rings. The third-order valence-corrected chi connectivity index (χ3v) is 4.95. The van der Waals surface area contributed by atoms with Gasteiger partial charge in [0.2, 0.25) is 0 Å². The number of nitrogens with one attached hydrogen (secondary N) is 1. The number of aromatic nitrogens is 3. The minimum Gasteiger partial charge on any atom is -0.492 e. The van der Waals surface area contributed by atoms with Gasteiger partial charge in [0, 0.05) is 17.1 Å². The van der Waals surface area contributed by atoms with Gasteiger partial charge in [0.15, 0.2) is 0 Å². The molecule has 0 aliphatic rings. The monoisotopic (exact) mass is 408 g/mol. The molecule has 2 heterocycles. The van der Waals surface area contributed by atoms with Crippen molar-refractivity contribution >= 4 is 17.2 Å². The van der Waals surface area contributed by atoms with Crippen molar-refractivity contribution in [2.75, 3.05) is 13.2 Å². The summed E-state index contributed by atoms with van der Waals surface area (Å²) >= 11 is 1.38. The Balaban J connectivity index is 1.32. The molecule has 8 heteroatoms. The second-order valence-corrected chi connectivity index (χ2v) is 6.96. The number of halogens is 1. The molecule has 4 aromatic rings. The number of benzene rings is 2. The fraction of sp³-hybridized carbons (Fsp3) is 0.0952. The number of hydrogen-bond acceptors (Lipinski definition) is 5. The summed E-state index contributed by atoms with van der Waals surface area (Å²) in [4.78, 5) is 16.7. The van der Waals surface area contributed by atoms with Crippen LogP contribution in [0.25, 0.3) is 16.3 Å². The zero-order valence-electron chi connectivity index (χ0n) is 15.3. The Morgan fingerprint density at radius 2 is 1.93 bits per heavy atom. The van der Waals surface area contributed by atoms with Gasteiger partial charge >= 0.3 is 0 Å². The van der Waals surface area contributed by atoms with Crippen LogP contribution >= 0.6 is 11.3 Å². The van der Waals surface area contributed by atoms with Crippen LogP contribution in [0.1, 0.15) is 10.5 Å². The normalized spacial score (nSPS) is 10.7. The number of rotatable bonds is 7. The van der Waals surface area contributed by atoms with Crippen molar-refractivity contribution in [1.29, 1.82) is 0 Å². The lowest BCUT2D eigenvalue weighted by molar-refractivity contribution is 0.0943. The maximum Gasteiger partial charge on any atom is 0.270 e. The Kier molecular flexibility index (Phi) is 5.62. The molecule has 29 heavy (non-hydrogen) atoms. The predicted molar refractivity (Wildman–Crippen MR) is 109 cm³/mol. The largest absolute Gasteiger partial charge is 0.492 e. The Bertz CT molecular complexity index is 1090. The average Bonchev–Trinajstić information content (AvgIpc) is 3.43. The van der Waals surface area contributed by atoms with E-state index in [0.29, 0.717) is 18.0 Å². The van der Waals surface area contributed by atoms with Crippen molar-refractivity contribution < 1.29 is 13.9 Å². The van der Waals surface area contributed by atoms with E-state index < -0.39 is 0 Å².